The van der Waals surface area contributed by atoms with Gasteiger partial charge in [0.2, 0.25) is 0 Å². The summed E-state index contributed by atoms with van der Waals surface area (Å²) in [6.07, 6.45) is 3.98. The van der Waals surface area contributed by atoms with Crippen LogP contribution in [0.25, 0.3) is 0 Å². The van der Waals surface area contributed by atoms with Crippen molar-refractivity contribution in [1.82, 2.24) is 0 Å². The van der Waals surface area contributed by atoms with Crippen molar-refractivity contribution in [2.45, 2.75) is 44.6 Å². The van der Waals surface area contributed by atoms with E-state index in [1.807, 2.05) is 66.7 Å². The Morgan fingerprint density at radius 1 is 0.765 bits per heavy atom. The molecule has 3 aromatic carbocycles. The van der Waals surface area contributed by atoms with Crippen LogP contribution >= 0.6 is 0 Å². The SMILES string of the molecule is COC(=O)CCc1ccc(OCCCOc2ccc(C(O)CCCc3ccccc3)cc2)cc1. The minimum absolute atomic E-state index is 0.204. The van der Waals surface area contributed by atoms with Crippen molar-refractivity contribution in [3.8, 4) is 11.5 Å². The molecule has 0 aromatic heterocycles. The van der Waals surface area contributed by atoms with Gasteiger partial charge in [-0.15, -0.1) is 0 Å². The smallest absolute Gasteiger partial charge is 0.305 e. The molecule has 1 atom stereocenters. The molecule has 1 unspecified atom stereocenters. The van der Waals surface area contributed by atoms with Crippen LogP contribution < -0.4 is 9.47 Å². The second-order valence-corrected chi connectivity index (χ2v) is 8.23. The van der Waals surface area contributed by atoms with Crippen LogP contribution in [0.3, 0.4) is 0 Å². The average Bonchev–Trinajstić information content (AvgIpc) is 2.88. The molecule has 0 aliphatic heterocycles. The van der Waals surface area contributed by atoms with Crippen LogP contribution in [0.15, 0.2) is 78.9 Å². The molecule has 3 rings (SSSR count). The first-order valence-electron chi connectivity index (χ1n) is 11.9. The molecule has 0 saturated heterocycles. The molecular weight excluding hydrogens is 428 g/mol. The summed E-state index contributed by atoms with van der Waals surface area (Å²) in [5.41, 5.74) is 3.29. The van der Waals surface area contributed by atoms with Crippen molar-refractivity contribution in [3.63, 3.8) is 0 Å². The second-order valence-electron chi connectivity index (χ2n) is 8.23. The van der Waals surface area contributed by atoms with Gasteiger partial charge in [-0.2, -0.15) is 0 Å². The Labute approximate surface area is 202 Å². The van der Waals surface area contributed by atoms with Crippen molar-refractivity contribution >= 4 is 5.97 Å². The molecule has 0 fully saturated rings. The van der Waals surface area contributed by atoms with Crippen LogP contribution in [0.2, 0.25) is 0 Å². The molecule has 0 bridgehead atoms. The lowest BCUT2D eigenvalue weighted by Gasteiger charge is -2.12. The van der Waals surface area contributed by atoms with Crippen LogP contribution in [-0.4, -0.2) is 31.4 Å². The number of carbonyl (C=O) groups excluding carboxylic acids is 1. The third-order valence-corrected chi connectivity index (χ3v) is 5.65. The van der Waals surface area contributed by atoms with Crippen molar-refractivity contribution in [3.05, 3.63) is 95.6 Å². The number of methoxy groups -OCH3 is 1. The maximum atomic E-state index is 11.2. The lowest BCUT2D eigenvalue weighted by molar-refractivity contribution is -0.140. The fourth-order valence-electron chi connectivity index (χ4n) is 3.64. The zero-order valence-electron chi connectivity index (χ0n) is 19.8. The van der Waals surface area contributed by atoms with E-state index >= 15 is 0 Å². The first-order valence-corrected chi connectivity index (χ1v) is 11.9. The zero-order chi connectivity index (χ0) is 24.0. The molecule has 0 radical (unpaired) electrons. The Kier molecular flexibility index (Phi) is 10.5. The van der Waals surface area contributed by atoms with Crippen LogP contribution in [-0.2, 0) is 22.4 Å². The van der Waals surface area contributed by atoms with Crippen molar-refractivity contribution < 1.29 is 24.1 Å². The standard InChI is InChI=1S/C29H34O5/c1-32-29(31)20-13-24-11-16-26(17-12-24)33-21-6-22-34-27-18-14-25(15-19-27)28(30)10-5-9-23-7-3-2-4-8-23/h2-4,7-8,11-12,14-19,28,30H,5-6,9-10,13,20-22H2,1H3. The number of carbonyl (C=O) groups is 1. The second kappa shape index (κ2) is 14.1. The largest absolute Gasteiger partial charge is 0.493 e. The van der Waals surface area contributed by atoms with E-state index < -0.39 is 6.10 Å². The maximum absolute atomic E-state index is 11.2. The van der Waals surface area contributed by atoms with E-state index in [-0.39, 0.29) is 5.97 Å². The van der Waals surface area contributed by atoms with Crippen LogP contribution in [0.4, 0.5) is 0 Å². The number of rotatable bonds is 14. The number of ether oxygens (including phenoxy) is 3. The van der Waals surface area contributed by atoms with Gasteiger partial charge in [-0.1, -0.05) is 54.6 Å². The lowest BCUT2D eigenvalue weighted by atomic mass is 10.0. The third kappa shape index (κ3) is 8.91. The van der Waals surface area contributed by atoms with Gasteiger partial charge in [0, 0.05) is 12.8 Å². The summed E-state index contributed by atoms with van der Waals surface area (Å²) in [5.74, 6) is 1.38. The van der Waals surface area contributed by atoms with E-state index in [0.717, 1.165) is 48.3 Å². The molecule has 180 valence electrons. The normalized spacial score (nSPS) is 11.6. The Morgan fingerprint density at radius 3 is 1.97 bits per heavy atom. The number of aryl methyl sites for hydroxylation is 2. The summed E-state index contributed by atoms with van der Waals surface area (Å²) < 4.78 is 16.2. The molecule has 3 aromatic rings. The molecule has 0 heterocycles. The molecule has 34 heavy (non-hydrogen) atoms. The monoisotopic (exact) mass is 462 g/mol. The Hall–Kier alpha value is -3.31. The van der Waals surface area contributed by atoms with E-state index in [4.69, 9.17) is 9.47 Å². The van der Waals surface area contributed by atoms with Gasteiger partial charge in [0.1, 0.15) is 11.5 Å². The highest BCUT2D eigenvalue weighted by Gasteiger charge is 2.08. The van der Waals surface area contributed by atoms with E-state index in [1.165, 1.54) is 12.7 Å². The molecule has 5 heteroatoms. The number of esters is 1. The van der Waals surface area contributed by atoms with E-state index in [1.54, 1.807) is 0 Å². The van der Waals surface area contributed by atoms with Gasteiger partial charge in [0.15, 0.2) is 0 Å². The van der Waals surface area contributed by atoms with E-state index in [0.29, 0.717) is 26.1 Å². The predicted molar refractivity (Wildman–Crippen MR) is 133 cm³/mol. The average molecular weight is 463 g/mol. The Balaban J connectivity index is 1.29. The Morgan fingerprint density at radius 2 is 1.35 bits per heavy atom. The third-order valence-electron chi connectivity index (χ3n) is 5.65. The van der Waals surface area contributed by atoms with Gasteiger partial charge in [-0.3, -0.25) is 4.79 Å². The van der Waals surface area contributed by atoms with Gasteiger partial charge in [0.25, 0.3) is 0 Å². The zero-order valence-corrected chi connectivity index (χ0v) is 19.8. The van der Waals surface area contributed by atoms with Crippen LogP contribution in [0, 0.1) is 0 Å². The highest BCUT2D eigenvalue weighted by Crippen LogP contribution is 2.22. The highest BCUT2D eigenvalue weighted by atomic mass is 16.5. The maximum Gasteiger partial charge on any atom is 0.305 e. The quantitative estimate of drug-likeness (QED) is 0.246. The Bertz CT molecular complexity index is 968. The van der Waals surface area contributed by atoms with Gasteiger partial charge in [-0.05, 0) is 66.6 Å². The number of hydrogen-bond donors (Lipinski definition) is 1. The summed E-state index contributed by atoms with van der Waals surface area (Å²) in [4.78, 5) is 11.2. The molecule has 0 amide bonds. The van der Waals surface area contributed by atoms with Crippen molar-refractivity contribution in [1.29, 1.82) is 0 Å². The number of aliphatic hydroxyl groups excluding tert-OH is 1. The summed E-state index contributed by atoms with van der Waals surface area (Å²) in [7, 11) is 1.40. The molecule has 5 nitrogen and oxygen atoms in total. The summed E-state index contributed by atoms with van der Waals surface area (Å²) in [5, 5.41) is 10.4. The first-order chi connectivity index (χ1) is 16.6. The molecule has 0 aliphatic rings. The summed E-state index contributed by atoms with van der Waals surface area (Å²) in [6.45, 7) is 1.11. The molecular formula is C29H34O5. The highest BCUT2D eigenvalue weighted by molar-refractivity contribution is 5.69. The van der Waals surface area contributed by atoms with E-state index in [9.17, 15) is 9.90 Å². The fraction of sp³-hybridized carbons (Fsp3) is 0.345. The van der Waals surface area contributed by atoms with Crippen molar-refractivity contribution in [2.75, 3.05) is 20.3 Å². The van der Waals surface area contributed by atoms with Gasteiger partial charge in [-0.25, -0.2) is 0 Å². The minimum atomic E-state index is -0.460. The number of benzene rings is 3. The minimum Gasteiger partial charge on any atom is -0.493 e. The topological polar surface area (TPSA) is 65.0 Å². The lowest BCUT2D eigenvalue weighted by Crippen LogP contribution is -2.05. The first kappa shape index (κ1) is 25.3. The summed E-state index contributed by atoms with van der Waals surface area (Å²) >= 11 is 0. The fourth-order valence-corrected chi connectivity index (χ4v) is 3.64. The molecule has 0 saturated carbocycles. The predicted octanol–water partition coefficient (Wildman–Crippen LogP) is 5.70. The molecule has 0 spiro atoms. The number of hydrogen-bond acceptors (Lipinski definition) is 5. The summed E-state index contributed by atoms with van der Waals surface area (Å²) in [6, 6.07) is 25.8. The van der Waals surface area contributed by atoms with Gasteiger partial charge in [0.05, 0.1) is 26.4 Å². The number of aliphatic hydroxyl groups is 1. The molecule has 0 aliphatic carbocycles. The van der Waals surface area contributed by atoms with Crippen LogP contribution in [0.5, 0.6) is 11.5 Å². The van der Waals surface area contributed by atoms with E-state index in [2.05, 4.69) is 16.9 Å². The van der Waals surface area contributed by atoms with Gasteiger partial charge >= 0.3 is 5.97 Å². The van der Waals surface area contributed by atoms with Crippen molar-refractivity contribution in [2.24, 2.45) is 0 Å². The van der Waals surface area contributed by atoms with Gasteiger partial charge < -0.3 is 19.3 Å². The van der Waals surface area contributed by atoms with Crippen LogP contribution in [0.1, 0.15) is 48.5 Å². The molecule has 1 N–H and O–H groups in total.